The first kappa shape index (κ1) is 21.7. The molecule has 2 aliphatic heterocycles. The van der Waals surface area contributed by atoms with Crippen LogP contribution in [0.25, 0.3) is 0 Å². The van der Waals surface area contributed by atoms with Crippen molar-refractivity contribution in [3.05, 3.63) is 24.3 Å². The van der Waals surface area contributed by atoms with E-state index in [9.17, 15) is 9.59 Å². The third-order valence-corrected chi connectivity index (χ3v) is 6.40. The van der Waals surface area contributed by atoms with Gasteiger partial charge in [-0.25, -0.2) is 0 Å². The lowest BCUT2D eigenvalue weighted by Crippen LogP contribution is -2.40. The second-order valence-corrected chi connectivity index (χ2v) is 8.29. The molecule has 160 valence electrons. The predicted molar refractivity (Wildman–Crippen MR) is 112 cm³/mol. The summed E-state index contributed by atoms with van der Waals surface area (Å²) < 4.78 is 0. The zero-order valence-electron chi connectivity index (χ0n) is 17.7. The van der Waals surface area contributed by atoms with Gasteiger partial charge in [-0.3, -0.25) is 24.5 Å². The molecule has 1 atom stereocenters. The normalized spacial score (nSPS) is 20.7. The Morgan fingerprint density at radius 1 is 1.14 bits per heavy atom. The molecule has 0 aromatic carbocycles. The molecule has 0 saturated carbocycles. The van der Waals surface area contributed by atoms with Gasteiger partial charge in [-0.15, -0.1) is 0 Å². The molecule has 2 fully saturated rings. The van der Waals surface area contributed by atoms with Crippen molar-refractivity contribution in [1.29, 1.82) is 0 Å². The van der Waals surface area contributed by atoms with Crippen molar-refractivity contribution >= 4 is 11.8 Å². The van der Waals surface area contributed by atoms with Crippen LogP contribution in [0.1, 0.15) is 57.6 Å². The third kappa shape index (κ3) is 6.77. The Morgan fingerprint density at radius 2 is 1.97 bits per heavy atom. The summed E-state index contributed by atoms with van der Waals surface area (Å²) in [5, 5.41) is 3.13. The maximum Gasteiger partial charge on any atom is 0.222 e. The van der Waals surface area contributed by atoms with Gasteiger partial charge in [-0.1, -0.05) is 6.92 Å². The van der Waals surface area contributed by atoms with E-state index in [4.69, 9.17) is 0 Å². The van der Waals surface area contributed by atoms with Crippen LogP contribution in [0.5, 0.6) is 0 Å². The van der Waals surface area contributed by atoms with E-state index in [1.807, 2.05) is 4.90 Å². The second kappa shape index (κ2) is 11.2. The van der Waals surface area contributed by atoms with Gasteiger partial charge < -0.3 is 10.2 Å². The molecule has 3 rings (SSSR count). The number of rotatable bonds is 9. The molecule has 2 aliphatic rings. The van der Waals surface area contributed by atoms with Crippen molar-refractivity contribution < 1.29 is 9.59 Å². The van der Waals surface area contributed by atoms with E-state index in [0.717, 1.165) is 57.7 Å². The molecular formula is C22H35N5O2. The molecule has 1 N–H and O–H groups in total. The van der Waals surface area contributed by atoms with Crippen molar-refractivity contribution in [3.63, 3.8) is 0 Å². The molecule has 0 bridgehead atoms. The summed E-state index contributed by atoms with van der Waals surface area (Å²) in [7, 11) is 0. The molecule has 1 aromatic heterocycles. The van der Waals surface area contributed by atoms with E-state index in [1.165, 1.54) is 12.8 Å². The van der Waals surface area contributed by atoms with Crippen LogP contribution in [0.3, 0.4) is 0 Å². The Bertz CT molecular complexity index is 646. The summed E-state index contributed by atoms with van der Waals surface area (Å²) in [5.74, 6) is 0.919. The van der Waals surface area contributed by atoms with Gasteiger partial charge in [-0.2, -0.15) is 0 Å². The number of carbonyl (C=O) groups excluding carboxylic acids is 2. The Morgan fingerprint density at radius 3 is 2.69 bits per heavy atom. The number of carbonyl (C=O) groups is 2. The van der Waals surface area contributed by atoms with Crippen LogP contribution in [0.2, 0.25) is 0 Å². The molecule has 2 amide bonds. The molecule has 0 aliphatic carbocycles. The molecule has 0 spiro atoms. The molecule has 0 radical (unpaired) electrons. The van der Waals surface area contributed by atoms with Crippen LogP contribution in [-0.4, -0.2) is 70.3 Å². The summed E-state index contributed by atoms with van der Waals surface area (Å²) in [6.07, 6.45) is 12.1. The minimum absolute atomic E-state index is 0.176. The van der Waals surface area contributed by atoms with Crippen molar-refractivity contribution in [2.45, 2.75) is 64.3 Å². The summed E-state index contributed by atoms with van der Waals surface area (Å²) in [6, 6.07) is 0.514. The van der Waals surface area contributed by atoms with Crippen LogP contribution in [0.15, 0.2) is 18.6 Å². The Kier molecular flexibility index (Phi) is 8.40. The minimum Gasteiger partial charge on any atom is -0.355 e. The number of nitrogens with zero attached hydrogens (tertiary/aromatic N) is 4. The van der Waals surface area contributed by atoms with Gasteiger partial charge in [0.25, 0.3) is 0 Å². The fourth-order valence-electron chi connectivity index (χ4n) is 4.52. The summed E-state index contributed by atoms with van der Waals surface area (Å²) in [4.78, 5) is 37.3. The second-order valence-electron chi connectivity index (χ2n) is 8.29. The third-order valence-electron chi connectivity index (χ3n) is 6.40. The number of nitrogens with one attached hydrogen (secondary N) is 1. The minimum atomic E-state index is 0.176. The lowest BCUT2D eigenvalue weighted by atomic mass is 9.92. The van der Waals surface area contributed by atoms with E-state index in [1.54, 1.807) is 18.6 Å². The number of piperidine rings is 1. The van der Waals surface area contributed by atoms with Crippen molar-refractivity contribution in [1.82, 2.24) is 25.1 Å². The van der Waals surface area contributed by atoms with Gasteiger partial charge in [0.05, 0.1) is 5.69 Å². The zero-order chi connectivity index (χ0) is 20.5. The molecule has 3 heterocycles. The fourth-order valence-corrected chi connectivity index (χ4v) is 4.52. The topological polar surface area (TPSA) is 78.4 Å². The number of aryl methyl sites for hydroxylation is 1. The highest BCUT2D eigenvalue weighted by atomic mass is 16.2. The standard InChI is InChI=1S/C22H35N5O2/c1-2-26-13-3-4-20(26)17-25-21(28)7-5-18-9-14-27(15-10-18)22(29)8-6-19-16-23-11-12-24-19/h11-12,16,18,20H,2-10,13-15,17H2,1H3,(H,25,28)/t20-/m0/s1. The fraction of sp³-hybridized carbons (Fsp3) is 0.727. The van der Waals surface area contributed by atoms with E-state index in [2.05, 4.69) is 27.1 Å². The Labute approximate surface area is 174 Å². The van der Waals surface area contributed by atoms with Crippen molar-refractivity contribution in [3.8, 4) is 0 Å². The average Bonchev–Trinajstić information content (AvgIpc) is 3.23. The monoisotopic (exact) mass is 401 g/mol. The molecule has 29 heavy (non-hydrogen) atoms. The first-order chi connectivity index (χ1) is 14.2. The first-order valence-electron chi connectivity index (χ1n) is 11.2. The zero-order valence-corrected chi connectivity index (χ0v) is 17.7. The smallest absolute Gasteiger partial charge is 0.222 e. The largest absolute Gasteiger partial charge is 0.355 e. The highest BCUT2D eigenvalue weighted by Crippen LogP contribution is 2.22. The number of amides is 2. The van der Waals surface area contributed by atoms with Crippen LogP contribution >= 0.6 is 0 Å². The quantitative estimate of drug-likeness (QED) is 0.685. The SMILES string of the molecule is CCN1CCC[C@H]1CNC(=O)CCC1CCN(C(=O)CCc2cnccn2)CC1. The molecule has 2 saturated heterocycles. The van der Waals surface area contributed by atoms with E-state index >= 15 is 0 Å². The highest BCUT2D eigenvalue weighted by molar-refractivity contribution is 5.76. The van der Waals surface area contributed by atoms with Crippen LogP contribution in [0.4, 0.5) is 0 Å². The van der Waals surface area contributed by atoms with Crippen molar-refractivity contribution in [2.75, 3.05) is 32.7 Å². The van der Waals surface area contributed by atoms with E-state index in [-0.39, 0.29) is 11.8 Å². The van der Waals surface area contributed by atoms with Gasteiger partial charge in [0, 0.05) is 57.1 Å². The average molecular weight is 402 g/mol. The van der Waals surface area contributed by atoms with Gasteiger partial charge in [0.1, 0.15) is 0 Å². The van der Waals surface area contributed by atoms with E-state index in [0.29, 0.717) is 31.2 Å². The van der Waals surface area contributed by atoms with Crippen LogP contribution in [0, 0.1) is 5.92 Å². The maximum absolute atomic E-state index is 12.4. The van der Waals surface area contributed by atoms with Crippen LogP contribution < -0.4 is 5.32 Å². The molecule has 1 aromatic rings. The lowest BCUT2D eigenvalue weighted by Gasteiger charge is -2.32. The number of likely N-dealkylation sites (tertiary alicyclic amines) is 2. The Hall–Kier alpha value is -2.02. The van der Waals surface area contributed by atoms with E-state index < -0.39 is 0 Å². The highest BCUT2D eigenvalue weighted by Gasteiger charge is 2.25. The van der Waals surface area contributed by atoms with Gasteiger partial charge >= 0.3 is 0 Å². The lowest BCUT2D eigenvalue weighted by molar-refractivity contribution is -0.132. The van der Waals surface area contributed by atoms with Gasteiger partial charge in [0.15, 0.2) is 0 Å². The molecule has 7 heteroatoms. The van der Waals surface area contributed by atoms with Crippen LogP contribution in [-0.2, 0) is 16.0 Å². The van der Waals surface area contributed by atoms with Crippen molar-refractivity contribution in [2.24, 2.45) is 5.92 Å². The Balaban J connectivity index is 1.28. The predicted octanol–water partition coefficient (Wildman–Crippen LogP) is 2.03. The first-order valence-corrected chi connectivity index (χ1v) is 11.2. The summed E-state index contributed by atoms with van der Waals surface area (Å²) >= 11 is 0. The number of hydrogen-bond acceptors (Lipinski definition) is 5. The van der Waals surface area contributed by atoms with Gasteiger partial charge in [0.2, 0.25) is 11.8 Å². The molecule has 0 unspecified atom stereocenters. The van der Waals surface area contributed by atoms with Gasteiger partial charge in [-0.05, 0) is 57.5 Å². The number of hydrogen-bond donors (Lipinski definition) is 1. The number of likely N-dealkylation sites (N-methyl/N-ethyl adjacent to an activating group) is 1. The maximum atomic E-state index is 12.4. The molecule has 7 nitrogen and oxygen atoms in total. The number of aromatic nitrogens is 2. The summed E-state index contributed by atoms with van der Waals surface area (Å²) in [6.45, 7) is 6.81. The summed E-state index contributed by atoms with van der Waals surface area (Å²) in [5.41, 5.74) is 0.862. The molecular weight excluding hydrogens is 366 g/mol.